The van der Waals surface area contributed by atoms with Crippen LogP contribution in [0, 0.1) is 0 Å². The summed E-state index contributed by atoms with van der Waals surface area (Å²) >= 11 is 0. The van der Waals surface area contributed by atoms with Gasteiger partial charge in [-0.15, -0.1) is 0 Å². The van der Waals surface area contributed by atoms with E-state index in [2.05, 4.69) is 47.9 Å². The van der Waals surface area contributed by atoms with Crippen molar-refractivity contribution in [1.29, 1.82) is 0 Å². The second-order valence-electron chi connectivity index (χ2n) is 5.57. The SMILES string of the molecule is CCCC(=O)c1ccc2c(c1)c1ccccc1n2CCC. The number of fused-ring (bicyclic) bond motifs is 3. The molecule has 0 amide bonds. The van der Waals surface area contributed by atoms with Gasteiger partial charge in [-0.2, -0.15) is 0 Å². The van der Waals surface area contributed by atoms with E-state index in [0.717, 1.165) is 24.9 Å². The minimum absolute atomic E-state index is 0.242. The third-order valence-corrected chi connectivity index (χ3v) is 4.02. The predicted octanol–water partition coefficient (Wildman–Crippen LogP) is 5.19. The number of ketones is 1. The molecule has 0 aliphatic carbocycles. The zero-order valence-corrected chi connectivity index (χ0v) is 12.7. The highest BCUT2D eigenvalue weighted by molar-refractivity contribution is 6.10. The van der Waals surface area contributed by atoms with Gasteiger partial charge in [0.15, 0.2) is 5.78 Å². The van der Waals surface area contributed by atoms with Crippen molar-refractivity contribution in [3.05, 3.63) is 48.0 Å². The Labute approximate surface area is 125 Å². The Kier molecular flexibility index (Phi) is 3.78. The van der Waals surface area contributed by atoms with E-state index in [0.29, 0.717) is 6.42 Å². The van der Waals surface area contributed by atoms with E-state index < -0.39 is 0 Å². The fraction of sp³-hybridized carbons (Fsp3) is 0.316. The molecule has 3 rings (SSSR count). The van der Waals surface area contributed by atoms with Gasteiger partial charge in [0.05, 0.1) is 0 Å². The van der Waals surface area contributed by atoms with Crippen molar-refractivity contribution in [1.82, 2.24) is 4.57 Å². The maximum atomic E-state index is 12.2. The van der Waals surface area contributed by atoms with Gasteiger partial charge in [0, 0.05) is 40.3 Å². The van der Waals surface area contributed by atoms with Gasteiger partial charge >= 0.3 is 0 Å². The lowest BCUT2D eigenvalue weighted by atomic mass is 10.0. The molecule has 0 N–H and O–H groups in total. The largest absolute Gasteiger partial charge is 0.340 e. The fourth-order valence-electron chi connectivity index (χ4n) is 3.06. The lowest BCUT2D eigenvalue weighted by Crippen LogP contribution is -1.99. The van der Waals surface area contributed by atoms with Crippen LogP contribution in [0.5, 0.6) is 0 Å². The van der Waals surface area contributed by atoms with E-state index in [-0.39, 0.29) is 5.78 Å². The fourth-order valence-corrected chi connectivity index (χ4v) is 3.06. The molecule has 108 valence electrons. The number of hydrogen-bond acceptors (Lipinski definition) is 1. The molecule has 1 aromatic heterocycles. The molecule has 0 saturated heterocycles. The number of nitrogens with zero attached hydrogens (tertiary/aromatic N) is 1. The van der Waals surface area contributed by atoms with Crippen LogP contribution in [0.1, 0.15) is 43.5 Å². The molecule has 0 bridgehead atoms. The number of hydrogen-bond donors (Lipinski definition) is 0. The topological polar surface area (TPSA) is 22.0 Å². The summed E-state index contributed by atoms with van der Waals surface area (Å²) in [6.07, 6.45) is 2.62. The van der Waals surface area contributed by atoms with E-state index in [1.165, 1.54) is 21.8 Å². The van der Waals surface area contributed by atoms with E-state index in [9.17, 15) is 4.79 Å². The number of rotatable bonds is 5. The monoisotopic (exact) mass is 279 g/mol. The number of carbonyl (C=O) groups is 1. The van der Waals surface area contributed by atoms with E-state index in [1.807, 2.05) is 13.0 Å². The summed E-state index contributed by atoms with van der Waals surface area (Å²) in [6.45, 7) is 5.25. The number of Topliss-reactive ketones (excluding diaryl/α,β-unsaturated/α-hetero) is 1. The molecule has 0 aliphatic heterocycles. The minimum atomic E-state index is 0.242. The first kappa shape index (κ1) is 13.9. The first-order chi connectivity index (χ1) is 10.3. The molecule has 0 spiro atoms. The minimum Gasteiger partial charge on any atom is -0.340 e. The van der Waals surface area contributed by atoms with Crippen LogP contribution in [-0.4, -0.2) is 10.4 Å². The van der Waals surface area contributed by atoms with Gasteiger partial charge < -0.3 is 4.57 Å². The molecular weight excluding hydrogens is 258 g/mol. The van der Waals surface area contributed by atoms with Crippen molar-refractivity contribution in [2.45, 2.75) is 39.7 Å². The second kappa shape index (κ2) is 5.72. The summed E-state index contributed by atoms with van der Waals surface area (Å²) in [5, 5.41) is 2.44. The molecule has 21 heavy (non-hydrogen) atoms. The van der Waals surface area contributed by atoms with Crippen molar-refractivity contribution in [2.75, 3.05) is 0 Å². The van der Waals surface area contributed by atoms with Crippen molar-refractivity contribution in [2.24, 2.45) is 0 Å². The van der Waals surface area contributed by atoms with E-state index >= 15 is 0 Å². The molecular formula is C19H21NO. The number of carbonyl (C=O) groups excluding carboxylic acids is 1. The second-order valence-corrected chi connectivity index (χ2v) is 5.57. The summed E-state index contributed by atoms with van der Waals surface area (Å²) in [6, 6.07) is 14.6. The highest BCUT2D eigenvalue weighted by Crippen LogP contribution is 2.30. The molecule has 0 fully saturated rings. The molecule has 2 heteroatoms. The zero-order chi connectivity index (χ0) is 14.8. The van der Waals surface area contributed by atoms with E-state index in [4.69, 9.17) is 0 Å². The quantitative estimate of drug-likeness (QED) is 0.589. The number of aromatic nitrogens is 1. The average Bonchev–Trinajstić information content (AvgIpc) is 2.82. The summed E-state index contributed by atoms with van der Waals surface area (Å²) in [7, 11) is 0. The van der Waals surface area contributed by atoms with Crippen LogP contribution in [-0.2, 0) is 6.54 Å². The van der Waals surface area contributed by atoms with Gasteiger partial charge in [0.2, 0.25) is 0 Å². The van der Waals surface area contributed by atoms with Gasteiger partial charge in [-0.05, 0) is 37.1 Å². The Bertz CT molecular complexity index is 798. The Morgan fingerprint density at radius 1 is 0.952 bits per heavy atom. The average molecular weight is 279 g/mol. The first-order valence-electron chi connectivity index (χ1n) is 7.80. The van der Waals surface area contributed by atoms with Crippen LogP contribution in [0.25, 0.3) is 21.8 Å². The van der Waals surface area contributed by atoms with E-state index in [1.54, 1.807) is 0 Å². The lowest BCUT2D eigenvalue weighted by molar-refractivity contribution is 0.0982. The van der Waals surface area contributed by atoms with Crippen LogP contribution < -0.4 is 0 Å². The summed E-state index contributed by atoms with van der Waals surface area (Å²) < 4.78 is 2.36. The van der Waals surface area contributed by atoms with Crippen LogP contribution in [0.3, 0.4) is 0 Å². The lowest BCUT2D eigenvalue weighted by Gasteiger charge is -2.05. The van der Waals surface area contributed by atoms with Gasteiger partial charge in [-0.1, -0.05) is 32.0 Å². The number of aryl methyl sites for hydroxylation is 1. The van der Waals surface area contributed by atoms with Crippen molar-refractivity contribution in [3.8, 4) is 0 Å². The summed E-state index contributed by atoms with van der Waals surface area (Å²) in [4.78, 5) is 12.2. The zero-order valence-electron chi connectivity index (χ0n) is 12.7. The Morgan fingerprint density at radius 3 is 2.48 bits per heavy atom. The van der Waals surface area contributed by atoms with Crippen molar-refractivity contribution < 1.29 is 4.79 Å². The number of para-hydroxylation sites is 1. The van der Waals surface area contributed by atoms with Gasteiger partial charge in [-0.3, -0.25) is 4.79 Å². The van der Waals surface area contributed by atoms with Gasteiger partial charge in [0.25, 0.3) is 0 Å². The third kappa shape index (κ3) is 2.35. The standard InChI is InChI=1S/C19H21NO/c1-3-7-19(21)14-10-11-18-16(13-14)15-8-5-6-9-17(15)20(18)12-4-2/h5-6,8-11,13H,3-4,7,12H2,1-2H3. The molecule has 0 saturated carbocycles. The molecule has 2 aromatic carbocycles. The van der Waals surface area contributed by atoms with Crippen molar-refractivity contribution in [3.63, 3.8) is 0 Å². The predicted molar refractivity (Wildman–Crippen MR) is 89.0 cm³/mol. The molecule has 0 unspecified atom stereocenters. The molecule has 0 radical (unpaired) electrons. The Morgan fingerprint density at radius 2 is 1.71 bits per heavy atom. The molecule has 0 atom stereocenters. The van der Waals surface area contributed by atoms with Crippen LogP contribution >= 0.6 is 0 Å². The highest BCUT2D eigenvalue weighted by atomic mass is 16.1. The normalized spacial score (nSPS) is 11.3. The molecule has 2 nitrogen and oxygen atoms in total. The third-order valence-electron chi connectivity index (χ3n) is 4.02. The van der Waals surface area contributed by atoms with Crippen molar-refractivity contribution >= 4 is 27.6 Å². The van der Waals surface area contributed by atoms with Gasteiger partial charge in [0.1, 0.15) is 0 Å². The maximum Gasteiger partial charge on any atom is 0.162 e. The summed E-state index contributed by atoms with van der Waals surface area (Å²) in [5.74, 6) is 0.242. The number of benzene rings is 2. The van der Waals surface area contributed by atoms with Crippen LogP contribution in [0.4, 0.5) is 0 Å². The van der Waals surface area contributed by atoms with Crippen LogP contribution in [0.15, 0.2) is 42.5 Å². The van der Waals surface area contributed by atoms with Gasteiger partial charge in [-0.25, -0.2) is 0 Å². The highest BCUT2D eigenvalue weighted by Gasteiger charge is 2.12. The molecule has 0 aliphatic rings. The summed E-state index contributed by atoms with van der Waals surface area (Å²) in [5.41, 5.74) is 3.32. The maximum absolute atomic E-state index is 12.2. The molecule has 1 heterocycles. The Balaban J connectivity index is 2.25. The van der Waals surface area contributed by atoms with Crippen LogP contribution in [0.2, 0.25) is 0 Å². The Hall–Kier alpha value is -2.09. The smallest absolute Gasteiger partial charge is 0.162 e. The first-order valence-corrected chi connectivity index (χ1v) is 7.80. The molecule has 3 aromatic rings.